The summed E-state index contributed by atoms with van der Waals surface area (Å²) in [7, 11) is 2.16. The van der Waals surface area contributed by atoms with E-state index in [4.69, 9.17) is 21.3 Å². The van der Waals surface area contributed by atoms with Gasteiger partial charge < -0.3 is 19.9 Å². The Hall–Kier alpha value is -3.01. The number of piperazine rings is 1. The molecule has 2 fully saturated rings. The van der Waals surface area contributed by atoms with E-state index in [2.05, 4.69) is 56.2 Å². The molecule has 1 unspecified atom stereocenters. The Labute approximate surface area is 215 Å². The van der Waals surface area contributed by atoms with Crippen molar-refractivity contribution in [3.63, 3.8) is 0 Å². The van der Waals surface area contributed by atoms with Gasteiger partial charge in [0.2, 0.25) is 0 Å². The normalized spacial score (nSPS) is 20.2. The van der Waals surface area contributed by atoms with Crippen molar-refractivity contribution in [1.29, 1.82) is 0 Å². The Morgan fingerprint density at radius 1 is 1.11 bits per heavy atom. The number of nitrogens with zero attached hydrogens (tertiary/aromatic N) is 7. The van der Waals surface area contributed by atoms with Gasteiger partial charge in [0.15, 0.2) is 17.0 Å². The minimum Gasteiger partial charge on any atom is -0.360 e. The molecule has 36 heavy (non-hydrogen) atoms. The lowest BCUT2D eigenvalue weighted by atomic mass is 10.1. The minimum absolute atomic E-state index is 0.0260. The van der Waals surface area contributed by atoms with Crippen LogP contribution in [0.25, 0.3) is 21.9 Å². The molecule has 0 saturated carbocycles. The van der Waals surface area contributed by atoms with Crippen LogP contribution in [0.3, 0.4) is 0 Å². The second-order valence-corrected chi connectivity index (χ2v) is 10.1. The van der Waals surface area contributed by atoms with Crippen LogP contribution in [-0.4, -0.2) is 69.2 Å². The molecule has 0 amide bonds. The lowest BCUT2D eigenvalue weighted by Crippen LogP contribution is -2.45. The van der Waals surface area contributed by atoms with Crippen molar-refractivity contribution in [2.24, 2.45) is 0 Å². The van der Waals surface area contributed by atoms with Crippen LogP contribution in [0.2, 0.25) is 5.02 Å². The summed E-state index contributed by atoms with van der Waals surface area (Å²) in [5.74, 6) is 1.64. The molecule has 1 N–H and O–H groups in total. The van der Waals surface area contributed by atoms with Gasteiger partial charge in [-0.25, -0.2) is 19.9 Å². The summed E-state index contributed by atoms with van der Waals surface area (Å²) in [6.45, 7) is 6.70. The smallest absolute Gasteiger partial charge is 0.167 e. The summed E-state index contributed by atoms with van der Waals surface area (Å²) in [4.78, 5) is 23.5. The van der Waals surface area contributed by atoms with Gasteiger partial charge in [-0.1, -0.05) is 23.7 Å². The quantitative estimate of drug-likeness (QED) is 0.418. The molecule has 1 aromatic carbocycles. The zero-order valence-corrected chi connectivity index (χ0v) is 21.4. The molecule has 9 nitrogen and oxygen atoms in total. The fraction of sp³-hybridized carbons (Fsp3) is 0.462. The third-order valence-corrected chi connectivity index (χ3v) is 7.55. The molecular weight excluding hydrogens is 476 g/mol. The Bertz CT molecular complexity index is 1380. The van der Waals surface area contributed by atoms with Gasteiger partial charge in [-0.2, -0.15) is 0 Å². The molecule has 2 aliphatic rings. The molecular formula is C26H31ClN8O. The van der Waals surface area contributed by atoms with Crippen LogP contribution in [0.5, 0.6) is 0 Å². The van der Waals surface area contributed by atoms with Gasteiger partial charge in [0.1, 0.15) is 18.4 Å². The topological polar surface area (TPSA) is 84.2 Å². The molecule has 0 aliphatic carbocycles. The van der Waals surface area contributed by atoms with Crippen molar-refractivity contribution < 1.29 is 4.74 Å². The lowest BCUT2D eigenvalue weighted by molar-refractivity contribution is -0.0298. The second kappa shape index (κ2) is 9.80. The Kier molecular flexibility index (Phi) is 6.37. The van der Waals surface area contributed by atoms with Gasteiger partial charge in [-0.3, -0.25) is 4.57 Å². The van der Waals surface area contributed by atoms with E-state index in [0.717, 1.165) is 90.5 Å². The number of fused-ring (bicyclic) bond motifs is 2. The predicted molar refractivity (Wildman–Crippen MR) is 143 cm³/mol. The highest BCUT2D eigenvalue weighted by molar-refractivity contribution is 6.36. The number of hydrogen-bond donors (Lipinski definition) is 1. The highest BCUT2D eigenvalue weighted by Crippen LogP contribution is 2.35. The van der Waals surface area contributed by atoms with Crippen LogP contribution in [-0.2, 0) is 4.74 Å². The van der Waals surface area contributed by atoms with Crippen molar-refractivity contribution >= 4 is 45.2 Å². The van der Waals surface area contributed by atoms with Gasteiger partial charge in [0.25, 0.3) is 0 Å². The number of pyridine rings is 1. The number of halogens is 1. The Balaban J connectivity index is 1.34. The van der Waals surface area contributed by atoms with Gasteiger partial charge >= 0.3 is 0 Å². The van der Waals surface area contributed by atoms with Gasteiger partial charge in [0, 0.05) is 38.2 Å². The number of rotatable bonds is 5. The number of ether oxygens (including phenoxy) is 1. The fourth-order valence-electron chi connectivity index (χ4n) is 5.13. The van der Waals surface area contributed by atoms with Crippen LogP contribution in [0, 0.1) is 0 Å². The lowest BCUT2D eigenvalue weighted by Gasteiger charge is -2.34. The number of nitrogens with one attached hydrogen (secondary N) is 1. The number of hydrogen-bond acceptors (Lipinski definition) is 8. The van der Waals surface area contributed by atoms with E-state index in [1.54, 1.807) is 6.33 Å². The average Bonchev–Trinajstić information content (AvgIpc) is 3.34. The summed E-state index contributed by atoms with van der Waals surface area (Å²) in [6, 6.07) is 8.05. The van der Waals surface area contributed by atoms with Crippen molar-refractivity contribution in [3.05, 3.63) is 47.6 Å². The van der Waals surface area contributed by atoms with Gasteiger partial charge in [-0.05, 0) is 50.8 Å². The number of aromatic nitrogens is 5. The van der Waals surface area contributed by atoms with Crippen molar-refractivity contribution in [3.8, 4) is 0 Å². The Morgan fingerprint density at radius 2 is 1.97 bits per heavy atom. The van der Waals surface area contributed by atoms with Crippen LogP contribution >= 0.6 is 11.6 Å². The van der Waals surface area contributed by atoms with E-state index >= 15 is 0 Å². The number of likely N-dealkylation sites (N-methyl/N-ethyl adjacent to an activating group) is 1. The maximum Gasteiger partial charge on any atom is 0.167 e. The first-order chi connectivity index (χ1) is 17.6. The molecule has 188 valence electrons. The van der Waals surface area contributed by atoms with E-state index in [9.17, 15) is 0 Å². The monoisotopic (exact) mass is 506 g/mol. The van der Waals surface area contributed by atoms with E-state index in [1.165, 1.54) is 0 Å². The number of anilines is 2. The summed E-state index contributed by atoms with van der Waals surface area (Å²) in [5, 5.41) is 6.37. The SMILES string of the molecule is CC(Nc1ncnc2c1ncn2[C@@H]1CCCCO1)c1cc2cccc(Cl)c2c(N2CCN(C)CC2)n1. The second-order valence-electron chi connectivity index (χ2n) is 9.73. The average molecular weight is 507 g/mol. The third kappa shape index (κ3) is 4.36. The highest BCUT2D eigenvalue weighted by Gasteiger charge is 2.23. The molecule has 2 saturated heterocycles. The number of benzene rings is 1. The number of imidazole rings is 1. The Morgan fingerprint density at radius 3 is 2.78 bits per heavy atom. The molecule has 0 bridgehead atoms. The fourth-order valence-corrected chi connectivity index (χ4v) is 5.39. The van der Waals surface area contributed by atoms with Crippen LogP contribution in [0.4, 0.5) is 11.6 Å². The molecule has 2 aliphatic heterocycles. The molecule has 10 heteroatoms. The van der Waals surface area contributed by atoms with E-state index in [1.807, 2.05) is 23.0 Å². The van der Waals surface area contributed by atoms with Crippen LogP contribution < -0.4 is 10.2 Å². The van der Waals surface area contributed by atoms with Crippen LogP contribution in [0.15, 0.2) is 36.9 Å². The van der Waals surface area contributed by atoms with E-state index in [0.29, 0.717) is 5.82 Å². The molecule has 5 heterocycles. The van der Waals surface area contributed by atoms with Crippen molar-refractivity contribution in [2.45, 2.75) is 38.5 Å². The maximum absolute atomic E-state index is 6.67. The zero-order valence-electron chi connectivity index (χ0n) is 20.7. The standard InChI is InChI=1S/C26H31ClN8O/c1-17(31-24-23-26(29-15-28-24)35(16-30-23)21-8-3-4-13-36-21)20-14-18-6-5-7-19(27)22(18)25(32-20)34-11-9-33(2)10-12-34/h5-7,14-17,21H,3-4,8-13H2,1-2H3,(H,28,29,31)/t17?,21-/m0/s1. The maximum atomic E-state index is 6.67. The summed E-state index contributed by atoms with van der Waals surface area (Å²) < 4.78 is 7.98. The van der Waals surface area contributed by atoms with E-state index in [-0.39, 0.29) is 12.3 Å². The summed E-state index contributed by atoms with van der Waals surface area (Å²) in [6.07, 6.45) is 6.58. The van der Waals surface area contributed by atoms with Crippen molar-refractivity contribution in [2.75, 3.05) is 50.1 Å². The largest absolute Gasteiger partial charge is 0.360 e. The first-order valence-corrected chi connectivity index (χ1v) is 13.0. The first-order valence-electron chi connectivity index (χ1n) is 12.7. The van der Waals surface area contributed by atoms with E-state index < -0.39 is 0 Å². The minimum atomic E-state index is -0.103. The van der Waals surface area contributed by atoms with Crippen molar-refractivity contribution in [1.82, 2.24) is 29.4 Å². The molecule has 6 rings (SSSR count). The summed E-state index contributed by atoms with van der Waals surface area (Å²) >= 11 is 6.67. The first kappa shape index (κ1) is 23.4. The predicted octanol–water partition coefficient (Wildman–Crippen LogP) is 4.65. The van der Waals surface area contributed by atoms with Gasteiger partial charge in [-0.15, -0.1) is 0 Å². The zero-order chi connectivity index (χ0) is 24.6. The van der Waals surface area contributed by atoms with Crippen LogP contribution in [0.1, 0.15) is 44.1 Å². The molecule has 0 radical (unpaired) electrons. The summed E-state index contributed by atoms with van der Waals surface area (Å²) in [5.41, 5.74) is 2.45. The third-order valence-electron chi connectivity index (χ3n) is 7.23. The molecule has 2 atom stereocenters. The molecule has 4 aromatic rings. The van der Waals surface area contributed by atoms with Gasteiger partial charge in [0.05, 0.1) is 23.1 Å². The molecule has 0 spiro atoms. The molecule has 3 aromatic heterocycles. The highest BCUT2D eigenvalue weighted by atomic mass is 35.5.